The first-order valence-electron chi connectivity index (χ1n) is 5.82. The number of urea groups is 1. The second-order valence-corrected chi connectivity index (χ2v) is 4.37. The summed E-state index contributed by atoms with van der Waals surface area (Å²) in [6, 6.07) is 3.71. The van der Waals surface area contributed by atoms with Crippen molar-refractivity contribution < 1.29 is 19.8 Å². The Balaban J connectivity index is 2.84. The molecule has 1 atom stereocenters. The lowest BCUT2D eigenvalue weighted by Gasteiger charge is -2.22. The largest absolute Gasteiger partial charge is 0.480 e. The number of carbonyl (C=O) groups excluding carboxylic acids is 1. The van der Waals surface area contributed by atoms with Crippen molar-refractivity contribution in [2.45, 2.75) is 19.9 Å². The third kappa shape index (κ3) is 3.69. The number of carboxylic acid groups (broad SMARTS) is 1. The minimum Gasteiger partial charge on any atom is -0.480 e. The lowest BCUT2D eigenvalue weighted by Crippen LogP contribution is -2.48. The number of aliphatic carboxylic acids is 1. The number of aliphatic hydroxyl groups excluding tert-OH is 1. The van der Waals surface area contributed by atoms with Crippen LogP contribution < -0.4 is 10.2 Å². The number of hydrogen-bond acceptors (Lipinski definition) is 3. The topological polar surface area (TPSA) is 89.9 Å². The van der Waals surface area contributed by atoms with Crippen LogP contribution in [0.15, 0.2) is 18.2 Å². The highest BCUT2D eigenvalue weighted by atomic mass is 16.4. The third-order valence-corrected chi connectivity index (χ3v) is 2.80. The maximum Gasteiger partial charge on any atom is 0.328 e. The van der Waals surface area contributed by atoms with Gasteiger partial charge in [0.15, 0.2) is 6.04 Å². The quantitative estimate of drug-likeness (QED) is 0.755. The normalized spacial score (nSPS) is 11.8. The molecular weight excluding hydrogens is 248 g/mol. The van der Waals surface area contributed by atoms with Crippen LogP contribution >= 0.6 is 0 Å². The van der Waals surface area contributed by atoms with Gasteiger partial charge >= 0.3 is 12.0 Å². The molecule has 0 aromatic heterocycles. The molecule has 0 aliphatic heterocycles. The van der Waals surface area contributed by atoms with Gasteiger partial charge < -0.3 is 15.5 Å². The SMILES string of the molecule is Cc1ccc(N(C)C(=O)N[C@@H](CO)C(=O)O)c(C)c1. The molecule has 1 rings (SSSR count). The summed E-state index contributed by atoms with van der Waals surface area (Å²) in [5, 5.41) is 19.9. The van der Waals surface area contributed by atoms with E-state index in [0.717, 1.165) is 11.1 Å². The van der Waals surface area contributed by atoms with Crippen LogP contribution in [-0.2, 0) is 4.79 Å². The van der Waals surface area contributed by atoms with Gasteiger partial charge in [0.1, 0.15) is 0 Å². The summed E-state index contributed by atoms with van der Waals surface area (Å²) < 4.78 is 0. The van der Waals surface area contributed by atoms with Gasteiger partial charge in [0.25, 0.3) is 0 Å². The van der Waals surface area contributed by atoms with Crippen LogP contribution in [0.25, 0.3) is 0 Å². The van der Waals surface area contributed by atoms with Crippen molar-refractivity contribution in [3.05, 3.63) is 29.3 Å². The van der Waals surface area contributed by atoms with E-state index in [-0.39, 0.29) is 0 Å². The predicted octanol–water partition coefficient (Wildman–Crippen LogP) is 0.895. The minimum absolute atomic E-state index is 0.576. The zero-order chi connectivity index (χ0) is 14.6. The second kappa shape index (κ2) is 6.19. The molecule has 3 N–H and O–H groups in total. The van der Waals surface area contributed by atoms with Crippen LogP contribution in [0.5, 0.6) is 0 Å². The van der Waals surface area contributed by atoms with E-state index in [1.54, 1.807) is 13.1 Å². The molecule has 1 aromatic carbocycles. The Hall–Kier alpha value is -2.08. The van der Waals surface area contributed by atoms with Crippen molar-refractivity contribution in [1.29, 1.82) is 0 Å². The Morgan fingerprint density at radius 2 is 2.00 bits per heavy atom. The summed E-state index contributed by atoms with van der Waals surface area (Å²) >= 11 is 0. The van der Waals surface area contributed by atoms with Gasteiger partial charge in [-0.2, -0.15) is 0 Å². The Morgan fingerprint density at radius 1 is 1.37 bits per heavy atom. The number of hydrogen-bond donors (Lipinski definition) is 3. The van der Waals surface area contributed by atoms with Gasteiger partial charge in [0, 0.05) is 12.7 Å². The van der Waals surface area contributed by atoms with Gasteiger partial charge in [-0.1, -0.05) is 17.7 Å². The highest BCUT2D eigenvalue weighted by Crippen LogP contribution is 2.19. The van der Waals surface area contributed by atoms with Crippen LogP contribution in [0, 0.1) is 13.8 Å². The van der Waals surface area contributed by atoms with Gasteiger partial charge in [-0.15, -0.1) is 0 Å². The summed E-state index contributed by atoms with van der Waals surface area (Å²) in [6.07, 6.45) is 0. The molecule has 0 spiro atoms. The van der Waals surface area contributed by atoms with Gasteiger partial charge in [0.2, 0.25) is 0 Å². The molecule has 0 aliphatic rings. The average Bonchev–Trinajstić information content (AvgIpc) is 2.34. The van der Waals surface area contributed by atoms with Gasteiger partial charge in [-0.05, 0) is 25.5 Å². The van der Waals surface area contributed by atoms with E-state index in [9.17, 15) is 9.59 Å². The number of aliphatic hydroxyl groups is 1. The van der Waals surface area contributed by atoms with Crippen molar-refractivity contribution in [3.8, 4) is 0 Å². The first kappa shape index (κ1) is 15.0. The van der Waals surface area contributed by atoms with Crippen LogP contribution in [0.1, 0.15) is 11.1 Å². The van der Waals surface area contributed by atoms with Crippen molar-refractivity contribution >= 4 is 17.7 Å². The van der Waals surface area contributed by atoms with Crippen LogP contribution in [0.3, 0.4) is 0 Å². The molecule has 2 amide bonds. The Labute approximate surface area is 111 Å². The van der Waals surface area contributed by atoms with Crippen molar-refractivity contribution in [3.63, 3.8) is 0 Å². The van der Waals surface area contributed by atoms with E-state index >= 15 is 0 Å². The molecule has 0 heterocycles. The number of nitrogens with one attached hydrogen (secondary N) is 1. The van der Waals surface area contributed by atoms with Crippen molar-refractivity contribution in [2.24, 2.45) is 0 Å². The lowest BCUT2D eigenvalue weighted by atomic mass is 10.1. The van der Waals surface area contributed by atoms with E-state index in [0.29, 0.717) is 5.69 Å². The molecule has 6 heteroatoms. The third-order valence-electron chi connectivity index (χ3n) is 2.80. The zero-order valence-electron chi connectivity index (χ0n) is 11.2. The fourth-order valence-electron chi connectivity index (χ4n) is 1.72. The summed E-state index contributed by atoms with van der Waals surface area (Å²) in [7, 11) is 1.54. The summed E-state index contributed by atoms with van der Waals surface area (Å²) in [6.45, 7) is 3.16. The number of nitrogens with zero attached hydrogens (tertiary/aromatic N) is 1. The van der Waals surface area contributed by atoms with E-state index in [1.165, 1.54) is 4.90 Å². The number of benzene rings is 1. The summed E-state index contributed by atoms with van der Waals surface area (Å²) in [5.41, 5.74) is 2.67. The molecule has 0 saturated carbocycles. The molecule has 0 unspecified atom stereocenters. The molecule has 0 radical (unpaired) electrons. The molecule has 104 valence electrons. The molecule has 19 heavy (non-hydrogen) atoms. The first-order valence-corrected chi connectivity index (χ1v) is 5.82. The fraction of sp³-hybridized carbons (Fsp3) is 0.385. The number of carboxylic acids is 1. The monoisotopic (exact) mass is 266 g/mol. The van der Waals surface area contributed by atoms with E-state index in [4.69, 9.17) is 10.2 Å². The lowest BCUT2D eigenvalue weighted by molar-refractivity contribution is -0.140. The Morgan fingerprint density at radius 3 is 2.47 bits per heavy atom. The Kier molecular flexibility index (Phi) is 4.88. The molecular formula is C13H18N2O4. The number of carbonyl (C=O) groups is 2. The molecule has 6 nitrogen and oxygen atoms in total. The van der Waals surface area contributed by atoms with E-state index in [2.05, 4.69) is 5.32 Å². The highest BCUT2D eigenvalue weighted by molar-refractivity contribution is 5.94. The molecule has 0 fully saturated rings. The number of anilines is 1. The fourth-order valence-corrected chi connectivity index (χ4v) is 1.72. The van der Waals surface area contributed by atoms with Crippen LogP contribution in [0.2, 0.25) is 0 Å². The molecule has 0 aliphatic carbocycles. The van der Waals surface area contributed by atoms with Crippen LogP contribution in [-0.4, -0.2) is 41.9 Å². The highest BCUT2D eigenvalue weighted by Gasteiger charge is 2.21. The summed E-state index contributed by atoms with van der Waals surface area (Å²) in [5.74, 6) is -1.27. The maximum atomic E-state index is 11.9. The Bertz CT molecular complexity index is 488. The number of aryl methyl sites for hydroxylation is 2. The smallest absolute Gasteiger partial charge is 0.328 e. The second-order valence-electron chi connectivity index (χ2n) is 4.37. The average molecular weight is 266 g/mol. The summed E-state index contributed by atoms with van der Waals surface area (Å²) in [4.78, 5) is 24.0. The van der Waals surface area contributed by atoms with Gasteiger partial charge in [-0.3, -0.25) is 4.90 Å². The minimum atomic E-state index is -1.30. The molecule has 0 saturated heterocycles. The predicted molar refractivity (Wildman–Crippen MR) is 71.4 cm³/mol. The molecule has 1 aromatic rings. The van der Waals surface area contributed by atoms with Gasteiger partial charge in [0.05, 0.1) is 6.61 Å². The van der Waals surface area contributed by atoms with E-state index in [1.807, 2.05) is 26.0 Å². The first-order chi connectivity index (χ1) is 8.86. The molecule has 0 bridgehead atoms. The van der Waals surface area contributed by atoms with Crippen LogP contribution in [0.4, 0.5) is 10.5 Å². The van der Waals surface area contributed by atoms with Crippen molar-refractivity contribution in [1.82, 2.24) is 5.32 Å². The van der Waals surface area contributed by atoms with Gasteiger partial charge in [-0.25, -0.2) is 9.59 Å². The number of rotatable bonds is 4. The van der Waals surface area contributed by atoms with Crippen molar-refractivity contribution in [2.75, 3.05) is 18.6 Å². The number of amides is 2. The maximum absolute atomic E-state index is 11.9. The standard InChI is InChI=1S/C13H18N2O4/c1-8-4-5-11(9(2)6-8)15(3)13(19)14-10(7-16)12(17)18/h4-6,10,16H,7H2,1-3H3,(H,14,19)(H,17,18)/t10-/m0/s1. The van der Waals surface area contributed by atoms with E-state index < -0.39 is 24.6 Å². The zero-order valence-corrected chi connectivity index (χ0v) is 11.2.